The van der Waals surface area contributed by atoms with Gasteiger partial charge >= 0.3 is 0 Å². The average Bonchev–Trinajstić information content (AvgIpc) is 2.34. The Kier molecular flexibility index (Phi) is 3.03. The van der Waals surface area contributed by atoms with Gasteiger partial charge in [0.05, 0.1) is 0 Å². The maximum Gasteiger partial charge on any atom is 0.125 e. The van der Waals surface area contributed by atoms with Crippen LogP contribution in [0.1, 0.15) is 50.6 Å². The number of nitrogens with two attached hydrogens (primary N) is 1. The lowest BCUT2D eigenvalue weighted by atomic mass is 9.71. The van der Waals surface area contributed by atoms with Crippen LogP contribution in [0.15, 0.2) is 18.2 Å². The van der Waals surface area contributed by atoms with E-state index >= 15 is 0 Å². The van der Waals surface area contributed by atoms with Crippen LogP contribution in [0.4, 0.5) is 0 Å². The zero-order valence-electron chi connectivity index (χ0n) is 10.8. The molecule has 0 amide bonds. The third-order valence-electron chi connectivity index (χ3n) is 4.64. The second-order valence-electron chi connectivity index (χ2n) is 5.81. The molecule has 0 bridgehead atoms. The molecule has 3 heteroatoms. The normalized spacial score (nSPS) is 35.1. The topological polar surface area (TPSA) is 35.2 Å². The fraction of sp³-hybridized carbons (Fsp3) is 0.600. The fourth-order valence-corrected chi connectivity index (χ4v) is 3.66. The number of hydrogen-bond acceptors (Lipinski definition) is 2. The van der Waals surface area contributed by atoms with Crippen LogP contribution in [-0.2, 0) is 0 Å². The van der Waals surface area contributed by atoms with E-state index in [1.54, 1.807) is 0 Å². The minimum Gasteiger partial charge on any atom is -0.487 e. The van der Waals surface area contributed by atoms with Gasteiger partial charge in [-0.15, -0.1) is 0 Å². The summed E-state index contributed by atoms with van der Waals surface area (Å²) in [5.74, 6) is 1.52. The first kappa shape index (κ1) is 12.3. The molecule has 98 valence electrons. The van der Waals surface area contributed by atoms with Crippen LogP contribution in [0.2, 0.25) is 5.02 Å². The monoisotopic (exact) mass is 265 g/mol. The summed E-state index contributed by atoms with van der Waals surface area (Å²) >= 11 is 6.04. The standard InChI is InChI=1S/C15H20ClNO/c1-10-4-2-3-7-15(10)9-13(17)12-8-11(16)5-6-14(12)18-15/h5-6,8,10,13H,2-4,7,9,17H2,1H3. The number of hydrogen-bond donors (Lipinski definition) is 1. The van der Waals surface area contributed by atoms with Crippen molar-refractivity contribution in [3.8, 4) is 5.75 Å². The van der Waals surface area contributed by atoms with E-state index in [9.17, 15) is 0 Å². The van der Waals surface area contributed by atoms with Crippen molar-refractivity contribution < 1.29 is 4.74 Å². The van der Waals surface area contributed by atoms with Crippen molar-refractivity contribution in [1.82, 2.24) is 0 Å². The zero-order chi connectivity index (χ0) is 12.8. The van der Waals surface area contributed by atoms with Crippen molar-refractivity contribution >= 4 is 11.6 Å². The molecule has 3 rings (SSSR count). The molecule has 2 aliphatic rings. The predicted molar refractivity (Wildman–Crippen MR) is 74.0 cm³/mol. The molecular formula is C15H20ClNO. The van der Waals surface area contributed by atoms with Crippen molar-refractivity contribution in [1.29, 1.82) is 0 Å². The molecule has 0 saturated heterocycles. The van der Waals surface area contributed by atoms with Crippen LogP contribution >= 0.6 is 11.6 Å². The molecule has 1 aliphatic carbocycles. The van der Waals surface area contributed by atoms with E-state index in [4.69, 9.17) is 22.1 Å². The van der Waals surface area contributed by atoms with Gasteiger partial charge in [-0.2, -0.15) is 0 Å². The van der Waals surface area contributed by atoms with Crippen LogP contribution in [0.5, 0.6) is 5.75 Å². The van der Waals surface area contributed by atoms with Crippen molar-refractivity contribution in [2.24, 2.45) is 11.7 Å². The maximum absolute atomic E-state index is 6.36. The Balaban J connectivity index is 1.98. The van der Waals surface area contributed by atoms with Gasteiger partial charge in [0.1, 0.15) is 11.4 Å². The lowest BCUT2D eigenvalue weighted by Crippen LogP contribution is -2.49. The van der Waals surface area contributed by atoms with Gasteiger partial charge in [-0.05, 0) is 43.4 Å². The highest BCUT2D eigenvalue weighted by molar-refractivity contribution is 6.30. The molecule has 1 spiro atoms. The third kappa shape index (κ3) is 1.92. The van der Waals surface area contributed by atoms with Gasteiger partial charge in [0, 0.05) is 23.0 Å². The molecule has 2 N–H and O–H groups in total. The van der Waals surface area contributed by atoms with Crippen LogP contribution < -0.4 is 10.5 Å². The molecule has 3 atom stereocenters. The molecule has 1 aromatic carbocycles. The van der Waals surface area contributed by atoms with Crippen molar-refractivity contribution in [3.63, 3.8) is 0 Å². The predicted octanol–water partition coefficient (Wildman–Crippen LogP) is 4.07. The second kappa shape index (κ2) is 4.43. The SMILES string of the molecule is CC1CCCCC12CC(N)c1cc(Cl)ccc1O2. The fourth-order valence-electron chi connectivity index (χ4n) is 3.48. The van der Waals surface area contributed by atoms with Crippen molar-refractivity contribution in [3.05, 3.63) is 28.8 Å². The third-order valence-corrected chi connectivity index (χ3v) is 4.87. The molecule has 18 heavy (non-hydrogen) atoms. The smallest absolute Gasteiger partial charge is 0.125 e. The van der Waals surface area contributed by atoms with Crippen LogP contribution in [0.25, 0.3) is 0 Å². The molecule has 0 radical (unpaired) electrons. The van der Waals surface area contributed by atoms with Crippen molar-refractivity contribution in [2.45, 2.75) is 50.7 Å². The number of fused-ring (bicyclic) bond motifs is 1. The van der Waals surface area contributed by atoms with E-state index in [-0.39, 0.29) is 11.6 Å². The molecule has 1 aliphatic heterocycles. The van der Waals surface area contributed by atoms with E-state index in [1.165, 1.54) is 19.3 Å². The Bertz CT molecular complexity index is 462. The van der Waals surface area contributed by atoms with Gasteiger partial charge in [0.2, 0.25) is 0 Å². The van der Waals surface area contributed by atoms with Gasteiger partial charge in [-0.25, -0.2) is 0 Å². The Morgan fingerprint density at radius 3 is 3.00 bits per heavy atom. The highest BCUT2D eigenvalue weighted by atomic mass is 35.5. The van der Waals surface area contributed by atoms with Gasteiger partial charge < -0.3 is 10.5 Å². The molecule has 0 aromatic heterocycles. The van der Waals surface area contributed by atoms with Gasteiger partial charge in [-0.1, -0.05) is 24.9 Å². The number of rotatable bonds is 0. The van der Waals surface area contributed by atoms with Crippen LogP contribution in [-0.4, -0.2) is 5.60 Å². The van der Waals surface area contributed by atoms with Gasteiger partial charge in [0.15, 0.2) is 0 Å². The number of benzene rings is 1. The highest BCUT2D eigenvalue weighted by Gasteiger charge is 2.45. The summed E-state index contributed by atoms with van der Waals surface area (Å²) in [6.45, 7) is 2.30. The summed E-state index contributed by atoms with van der Waals surface area (Å²) in [6.07, 6.45) is 5.86. The first-order chi connectivity index (χ1) is 8.61. The zero-order valence-corrected chi connectivity index (χ0v) is 11.5. The summed E-state index contributed by atoms with van der Waals surface area (Å²) in [5.41, 5.74) is 7.36. The quantitative estimate of drug-likeness (QED) is 0.767. The Morgan fingerprint density at radius 2 is 2.22 bits per heavy atom. The lowest BCUT2D eigenvalue weighted by Gasteiger charge is -2.47. The summed E-state index contributed by atoms with van der Waals surface area (Å²) in [7, 11) is 0. The molecule has 3 unspecified atom stereocenters. The molecular weight excluding hydrogens is 246 g/mol. The van der Waals surface area contributed by atoms with E-state index in [1.807, 2.05) is 18.2 Å². The number of halogens is 1. The summed E-state index contributed by atoms with van der Waals surface area (Å²) in [5, 5.41) is 0.737. The minimum absolute atomic E-state index is 0.0432. The Hall–Kier alpha value is -0.730. The average molecular weight is 266 g/mol. The summed E-state index contributed by atoms with van der Waals surface area (Å²) in [6, 6.07) is 5.86. The lowest BCUT2D eigenvalue weighted by molar-refractivity contribution is -0.0407. The van der Waals surface area contributed by atoms with E-state index in [2.05, 4.69) is 6.92 Å². The molecule has 1 saturated carbocycles. The van der Waals surface area contributed by atoms with Crippen LogP contribution in [0.3, 0.4) is 0 Å². The van der Waals surface area contributed by atoms with E-state index in [0.29, 0.717) is 5.92 Å². The van der Waals surface area contributed by atoms with Crippen molar-refractivity contribution in [2.75, 3.05) is 0 Å². The van der Waals surface area contributed by atoms with E-state index < -0.39 is 0 Å². The summed E-state index contributed by atoms with van der Waals surface area (Å²) in [4.78, 5) is 0. The minimum atomic E-state index is -0.0432. The number of ether oxygens (including phenoxy) is 1. The second-order valence-corrected chi connectivity index (χ2v) is 6.24. The molecule has 1 heterocycles. The highest BCUT2D eigenvalue weighted by Crippen LogP contribution is 2.48. The van der Waals surface area contributed by atoms with Gasteiger partial charge in [-0.3, -0.25) is 0 Å². The maximum atomic E-state index is 6.36. The van der Waals surface area contributed by atoms with Gasteiger partial charge in [0.25, 0.3) is 0 Å². The van der Waals surface area contributed by atoms with E-state index in [0.717, 1.165) is 29.2 Å². The first-order valence-electron chi connectivity index (χ1n) is 6.85. The molecule has 2 nitrogen and oxygen atoms in total. The molecule has 1 aromatic rings. The first-order valence-corrected chi connectivity index (χ1v) is 7.22. The van der Waals surface area contributed by atoms with Crippen LogP contribution in [0, 0.1) is 5.92 Å². The summed E-state index contributed by atoms with van der Waals surface area (Å²) < 4.78 is 6.36. The Labute approximate surface area is 113 Å². The largest absolute Gasteiger partial charge is 0.487 e. The molecule has 1 fully saturated rings. The Morgan fingerprint density at radius 1 is 1.39 bits per heavy atom.